The van der Waals surface area contributed by atoms with E-state index in [4.69, 9.17) is 4.74 Å². The molecule has 0 spiro atoms. The number of likely N-dealkylation sites (N-methyl/N-ethyl adjacent to an activating group) is 1. The van der Waals surface area contributed by atoms with Gasteiger partial charge in [-0.3, -0.25) is 9.59 Å². The van der Waals surface area contributed by atoms with Crippen LogP contribution in [-0.4, -0.2) is 61.4 Å². The van der Waals surface area contributed by atoms with E-state index in [1.54, 1.807) is 35.2 Å². The van der Waals surface area contributed by atoms with Crippen molar-refractivity contribution < 1.29 is 14.3 Å². The van der Waals surface area contributed by atoms with Gasteiger partial charge in [-0.1, -0.05) is 30.3 Å². The van der Waals surface area contributed by atoms with Crippen molar-refractivity contribution in [2.75, 3.05) is 39.8 Å². The molecule has 1 N–H and O–H groups in total. The lowest BCUT2D eigenvalue weighted by Gasteiger charge is -2.33. The molecule has 0 saturated carbocycles. The molecule has 1 fully saturated rings. The highest BCUT2D eigenvalue weighted by Gasteiger charge is 2.23. The summed E-state index contributed by atoms with van der Waals surface area (Å²) in [5, 5.41) is 2.82. The molecule has 0 aliphatic carbocycles. The second-order valence-corrected chi connectivity index (χ2v) is 6.98. The number of piperazine rings is 1. The molecule has 29 heavy (non-hydrogen) atoms. The minimum absolute atomic E-state index is 0.170. The van der Waals surface area contributed by atoms with Crippen LogP contribution in [0.4, 0.5) is 0 Å². The zero-order chi connectivity index (χ0) is 20.6. The molecule has 1 aliphatic heterocycles. The molecule has 6 heteroatoms. The Balaban J connectivity index is 1.83. The van der Waals surface area contributed by atoms with Gasteiger partial charge in [-0.2, -0.15) is 0 Å². The van der Waals surface area contributed by atoms with Gasteiger partial charge < -0.3 is 19.9 Å². The Morgan fingerprint density at radius 3 is 2.28 bits per heavy atom. The topological polar surface area (TPSA) is 61.9 Å². The Hall–Kier alpha value is -3.12. The third kappa shape index (κ3) is 5.68. The van der Waals surface area contributed by atoms with Gasteiger partial charge in [-0.15, -0.1) is 0 Å². The first-order chi connectivity index (χ1) is 14.1. The van der Waals surface area contributed by atoms with E-state index >= 15 is 0 Å². The van der Waals surface area contributed by atoms with Gasteiger partial charge in [0.15, 0.2) is 0 Å². The van der Waals surface area contributed by atoms with E-state index in [1.165, 1.54) is 0 Å². The summed E-state index contributed by atoms with van der Waals surface area (Å²) >= 11 is 0. The molecule has 0 radical (unpaired) electrons. The van der Waals surface area contributed by atoms with E-state index in [9.17, 15) is 9.59 Å². The molecule has 0 bridgehead atoms. The standard InChI is InChI=1S/C23H27N3O3/c1-3-29-20-11-9-18(10-12-20)17-21(23(28)26-15-13-25(2)14-16-26)24-22(27)19-7-5-4-6-8-19/h4-12,17H,3,13-16H2,1-2H3,(H,24,27)/b21-17+. The fourth-order valence-corrected chi connectivity index (χ4v) is 3.11. The van der Waals surface area contributed by atoms with E-state index in [-0.39, 0.29) is 17.5 Å². The Bertz CT molecular complexity index is 855. The molecule has 1 saturated heterocycles. The molecule has 2 aromatic rings. The molecule has 3 rings (SSSR count). The van der Waals surface area contributed by atoms with Crippen LogP contribution in [0.5, 0.6) is 5.75 Å². The molecule has 0 atom stereocenters. The van der Waals surface area contributed by atoms with Crippen molar-refractivity contribution in [3.05, 3.63) is 71.4 Å². The molecule has 2 amide bonds. The van der Waals surface area contributed by atoms with Crippen molar-refractivity contribution in [2.24, 2.45) is 0 Å². The summed E-state index contributed by atoms with van der Waals surface area (Å²) in [6, 6.07) is 16.4. The Morgan fingerprint density at radius 1 is 1.00 bits per heavy atom. The van der Waals surface area contributed by atoms with Crippen molar-refractivity contribution >= 4 is 17.9 Å². The highest BCUT2D eigenvalue weighted by atomic mass is 16.5. The zero-order valence-electron chi connectivity index (χ0n) is 16.9. The van der Waals surface area contributed by atoms with Crippen LogP contribution in [0.1, 0.15) is 22.8 Å². The smallest absolute Gasteiger partial charge is 0.270 e. The molecular weight excluding hydrogens is 366 g/mol. The number of ether oxygens (including phenoxy) is 1. The van der Waals surface area contributed by atoms with E-state index in [1.807, 2.05) is 44.3 Å². The highest BCUT2D eigenvalue weighted by Crippen LogP contribution is 2.16. The molecule has 1 aliphatic rings. The number of rotatable bonds is 6. The van der Waals surface area contributed by atoms with Gasteiger partial charge in [-0.25, -0.2) is 0 Å². The molecule has 0 aromatic heterocycles. The van der Waals surface area contributed by atoms with Gasteiger partial charge in [0.25, 0.3) is 11.8 Å². The molecule has 6 nitrogen and oxygen atoms in total. The number of benzene rings is 2. The van der Waals surface area contributed by atoms with Crippen molar-refractivity contribution in [3.63, 3.8) is 0 Å². The lowest BCUT2D eigenvalue weighted by atomic mass is 10.1. The average molecular weight is 393 g/mol. The van der Waals surface area contributed by atoms with Gasteiger partial charge in [0.2, 0.25) is 0 Å². The molecule has 0 unspecified atom stereocenters. The normalized spacial score (nSPS) is 15.1. The number of hydrogen-bond donors (Lipinski definition) is 1. The van der Waals surface area contributed by atoms with Crippen LogP contribution < -0.4 is 10.1 Å². The molecule has 152 valence electrons. The second-order valence-electron chi connectivity index (χ2n) is 6.98. The summed E-state index contributed by atoms with van der Waals surface area (Å²) in [5.74, 6) is 0.298. The number of amides is 2. The largest absolute Gasteiger partial charge is 0.494 e. The van der Waals surface area contributed by atoms with Crippen LogP contribution >= 0.6 is 0 Å². The first-order valence-electron chi connectivity index (χ1n) is 9.85. The number of nitrogens with one attached hydrogen (secondary N) is 1. The van der Waals surface area contributed by atoms with Gasteiger partial charge >= 0.3 is 0 Å². The fraction of sp³-hybridized carbons (Fsp3) is 0.304. The van der Waals surface area contributed by atoms with Crippen molar-refractivity contribution in [3.8, 4) is 5.75 Å². The average Bonchev–Trinajstić information content (AvgIpc) is 2.75. The maximum absolute atomic E-state index is 13.1. The van der Waals surface area contributed by atoms with Crippen molar-refractivity contribution in [2.45, 2.75) is 6.92 Å². The number of nitrogens with zero attached hydrogens (tertiary/aromatic N) is 2. The van der Waals surface area contributed by atoms with Gasteiger partial charge in [0, 0.05) is 31.7 Å². The Kier molecular flexibility index (Phi) is 7.03. The Morgan fingerprint density at radius 2 is 1.66 bits per heavy atom. The third-order valence-electron chi connectivity index (χ3n) is 4.81. The summed E-state index contributed by atoms with van der Waals surface area (Å²) in [6.07, 6.45) is 1.72. The minimum atomic E-state index is -0.301. The number of carbonyl (C=O) groups excluding carboxylic acids is 2. The summed E-state index contributed by atoms with van der Waals surface area (Å²) < 4.78 is 5.47. The predicted molar refractivity (Wildman–Crippen MR) is 114 cm³/mol. The third-order valence-corrected chi connectivity index (χ3v) is 4.81. The first-order valence-corrected chi connectivity index (χ1v) is 9.85. The van der Waals surface area contributed by atoms with Crippen LogP contribution in [0.3, 0.4) is 0 Å². The van der Waals surface area contributed by atoms with Crippen molar-refractivity contribution in [1.82, 2.24) is 15.1 Å². The van der Waals surface area contributed by atoms with Crippen LogP contribution in [0.2, 0.25) is 0 Å². The monoisotopic (exact) mass is 393 g/mol. The van der Waals surface area contributed by atoms with Crippen LogP contribution in [0.25, 0.3) is 6.08 Å². The molecule has 1 heterocycles. The maximum atomic E-state index is 13.1. The summed E-state index contributed by atoms with van der Waals surface area (Å²) in [4.78, 5) is 29.8. The lowest BCUT2D eigenvalue weighted by Crippen LogP contribution is -2.49. The van der Waals surface area contributed by atoms with Crippen LogP contribution in [-0.2, 0) is 4.79 Å². The van der Waals surface area contributed by atoms with Gasteiger partial charge in [0.1, 0.15) is 11.4 Å². The van der Waals surface area contributed by atoms with Gasteiger partial charge in [-0.05, 0) is 49.9 Å². The highest BCUT2D eigenvalue weighted by molar-refractivity contribution is 6.05. The summed E-state index contributed by atoms with van der Waals surface area (Å²) in [7, 11) is 2.04. The van der Waals surface area contributed by atoms with Crippen molar-refractivity contribution in [1.29, 1.82) is 0 Å². The van der Waals surface area contributed by atoms with E-state index in [2.05, 4.69) is 10.2 Å². The fourth-order valence-electron chi connectivity index (χ4n) is 3.11. The van der Waals surface area contributed by atoms with E-state index in [0.717, 1.165) is 24.4 Å². The maximum Gasteiger partial charge on any atom is 0.270 e. The number of hydrogen-bond acceptors (Lipinski definition) is 4. The predicted octanol–water partition coefficient (Wildman–Crippen LogP) is 2.63. The first kappa shape index (κ1) is 20.6. The lowest BCUT2D eigenvalue weighted by molar-refractivity contribution is -0.128. The SMILES string of the molecule is CCOc1ccc(/C=C(/NC(=O)c2ccccc2)C(=O)N2CCN(C)CC2)cc1. The Labute approximate surface area is 171 Å². The molecular formula is C23H27N3O3. The van der Waals surface area contributed by atoms with E-state index in [0.29, 0.717) is 25.3 Å². The van der Waals surface area contributed by atoms with Gasteiger partial charge in [0.05, 0.1) is 6.61 Å². The second kappa shape index (κ2) is 9.89. The summed E-state index contributed by atoms with van der Waals surface area (Å²) in [6.45, 7) is 5.42. The zero-order valence-corrected chi connectivity index (χ0v) is 16.9. The van der Waals surface area contributed by atoms with E-state index < -0.39 is 0 Å². The van der Waals surface area contributed by atoms with Crippen LogP contribution in [0, 0.1) is 0 Å². The number of carbonyl (C=O) groups is 2. The summed E-state index contributed by atoms with van der Waals surface area (Å²) in [5.41, 5.74) is 1.60. The van der Waals surface area contributed by atoms with Crippen LogP contribution in [0.15, 0.2) is 60.3 Å². The minimum Gasteiger partial charge on any atom is -0.494 e. The quantitative estimate of drug-likeness (QED) is 0.767. The molecule has 2 aromatic carbocycles.